The highest BCUT2D eigenvalue weighted by Gasteiger charge is 1.90. The fourth-order valence-electron chi connectivity index (χ4n) is 0.759. The van der Waals surface area contributed by atoms with Crippen molar-refractivity contribution in [1.82, 2.24) is 0 Å². The van der Waals surface area contributed by atoms with E-state index in [9.17, 15) is 5.21 Å². The van der Waals surface area contributed by atoms with E-state index in [-0.39, 0.29) is 0 Å². The number of rotatable bonds is 1. The van der Waals surface area contributed by atoms with E-state index in [0.717, 1.165) is 14.8 Å². The molecule has 0 radical (unpaired) electrons. The number of hydrogen-bond acceptors (Lipinski definition) is 1. The SMILES string of the molecule is C/[N+]([O-])=C/c1ccc(Br)cc1. The lowest BCUT2D eigenvalue weighted by Gasteiger charge is -1.95. The minimum Gasteiger partial charge on any atom is -0.624 e. The van der Waals surface area contributed by atoms with Gasteiger partial charge in [-0.3, -0.25) is 0 Å². The van der Waals surface area contributed by atoms with Gasteiger partial charge in [0.25, 0.3) is 0 Å². The van der Waals surface area contributed by atoms with Gasteiger partial charge in [0.05, 0.1) is 0 Å². The van der Waals surface area contributed by atoms with E-state index in [4.69, 9.17) is 0 Å². The van der Waals surface area contributed by atoms with Crippen LogP contribution in [-0.2, 0) is 0 Å². The van der Waals surface area contributed by atoms with E-state index >= 15 is 0 Å². The number of hydrogen-bond donors (Lipinski definition) is 0. The molecule has 58 valence electrons. The molecule has 0 fully saturated rings. The summed E-state index contributed by atoms with van der Waals surface area (Å²) < 4.78 is 1.80. The Kier molecular flexibility index (Phi) is 2.65. The first-order valence-corrected chi connectivity index (χ1v) is 3.98. The molecule has 0 amide bonds. The summed E-state index contributed by atoms with van der Waals surface area (Å²) in [6.07, 6.45) is 1.52. The zero-order chi connectivity index (χ0) is 8.27. The maximum atomic E-state index is 10.5. The normalized spacial score (nSPS) is 11.6. The first kappa shape index (κ1) is 8.27. The molecule has 0 spiro atoms. The van der Waals surface area contributed by atoms with Gasteiger partial charge in [-0.1, -0.05) is 15.9 Å². The first-order chi connectivity index (χ1) is 5.18. The predicted molar refractivity (Wildman–Crippen MR) is 48.9 cm³/mol. The van der Waals surface area contributed by atoms with Crippen molar-refractivity contribution in [3.8, 4) is 0 Å². The van der Waals surface area contributed by atoms with Crippen molar-refractivity contribution in [3.63, 3.8) is 0 Å². The fraction of sp³-hybridized carbons (Fsp3) is 0.125. The molecule has 0 N–H and O–H groups in total. The number of nitrogens with zero attached hydrogens (tertiary/aromatic N) is 1. The van der Waals surface area contributed by atoms with Gasteiger partial charge in [-0.15, -0.1) is 0 Å². The van der Waals surface area contributed by atoms with E-state index in [0.29, 0.717) is 0 Å². The van der Waals surface area contributed by atoms with Gasteiger partial charge in [0.15, 0.2) is 6.21 Å². The van der Waals surface area contributed by atoms with Crippen molar-refractivity contribution in [2.75, 3.05) is 7.05 Å². The Morgan fingerprint density at radius 3 is 2.36 bits per heavy atom. The van der Waals surface area contributed by atoms with E-state index in [1.807, 2.05) is 24.3 Å². The standard InChI is InChI=1S/C8H8BrNO/c1-10(11)6-7-2-4-8(9)5-3-7/h2-6H,1H3/b10-6-. The summed E-state index contributed by atoms with van der Waals surface area (Å²) in [5, 5.41) is 10.5. The van der Waals surface area contributed by atoms with Crippen LogP contribution in [0.25, 0.3) is 0 Å². The molecule has 0 aromatic heterocycles. The van der Waals surface area contributed by atoms with Crippen LogP contribution in [0.2, 0.25) is 0 Å². The Hall–Kier alpha value is -0.830. The minimum absolute atomic E-state index is 0.781. The molecule has 1 aromatic rings. The highest BCUT2D eigenvalue weighted by Crippen LogP contribution is 2.08. The lowest BCUT2D eigenvalue weighted by atomic mass is 10.2. The highest BCUT2D eigenvalue weighted by atomic mass is 79.9. The van der Waals surface area contributed by atoms with Crippen LogP contribution in [0.4, 0.5) is 0 Å². The van der Waals surface area contributed by atoms with Crippen molar-refractivity contribution in [2.24, 2.45) is 0 Å². The van der Waals surface area contributed by atoms with Gasteiger partial charge in [0, 0.05) is 10.0 Å². The Morgan fingerprint density at radius 2 is 1.91 bits per heavy atom. The molecular formula is C8H8BrNO. The number of benzene rings is 1. The topological polar surface area (TPSA) is 26.1 Å². The lowest BCUT2D eigenvalue weighted by molar-refractivity contribution is -0.416. The van der Waals surface area contributed by atoms with E-state index in [2.05, 4.69) is 15.9 Å². The van der Waals surface area contributed by atoms with Gasteiger partial charge in [-0.05, 0) is 24.3 Å². The van der Waals surface area contributed by atoms with Crippen molar-refractivity contribution in [3.05, 3.63) is 39.5 Å². The molecule has 0 aliphatic rings. The fourth-order valence-corrected chi connectivity index (χ4v) is 1.02. The van der Waals surface area contributed by atoms with Gasteiger partial charge in [-0.25, -0.2) is 4.74 Å². The molecule has 0 atom stereocenters. The Balaban J connectivity index is 2.91. The zero-order valence-corrected chi connectivity index (χ0v) is 7.71. The summed E-state index contributed by atoms with van der Waals surface area (Å²) in [5.41, 5.74) is 0.908. The molecule has 0 bridgehead atoms. The summed E-state index contributed by atoms with van der Waals surface area (Å²) >= 11 is 3.31. The molecule has 3 heteroatoms. The number of hydroxylamine groups is 1. The largest absolute Gasteiger partial charge is 0.624 e. The Bertz CT molecular complexity index is 262. The summed E-state index contributed by atoms with van der Waals surface area (Å²) in [6.45, 7) is 0. The molecule has 0 aliphatic heterocycles. The second-order valence-corrected chi connectivity index (χ2v) is 3.14. The summed E-state index contributed by atoms with van der Waals surface area (Å²) in [7, 11) is 1.46. The van der Waals surface area contributed by atoms with Gasteiger partial charge < -0.3 is 5.21 Å². The van der Waals surface area contributed by atoms with Gasteiger partial charge in [-0.2, -0.15) is 0 Å². The van der Waals surface area contributed by atoms with Crippen LogP contribution in [-0.4, -0.2) is 18.0 Å². The second-order valence-electron chi connectivity index (χ2n) is 2.23. The molecule has 0 saturated carbocycles. The molecule has 0 heterocycles. The van der Waals surface area contributed by atoms with Crippen molar-refractivity contribution in [2.45, 2.75) is 0 Å². The van der Waals surface area contributed by atoms with Crippen molar-refractivity contribution >= 4 is 22.1 Å². The minimum atomic E-state index is 0.781. The van der Waals surface area contributed by atoms with Crippen LogP contribution in [0, 0.1) is 5.21 Å². The van der Waals surface area contributed by atoms with Crippen LogP contribution in [0.15, 0.2) is 28.7 Å². The number of halogens is 1. The smallest absolute Gasteiger partial charge is 0.181 e. The molecule has 1 rings (SSSR count). The average Bonchev–Trinajstić information content (AvgIpc) is 1.93. The molecule has 0 unspecified atom stereocenters. The third kappa shape index (κ3) is 2.72. The quantitative estimate of drug-likeness (QED) is 0.304. The Labute approximate surface area is 73.9 Å². The maximum absolute atomic E-state index is 10.5. The van der Waals surface area contributed by atoms with Crippen molar-refractivity contribution in [1.29, 1.82) is 0 Å². The average molecular weight is 214 g/mol. The van der Waals surface area contributed by atoms with Gasteiger partial charge >= 0.3 is 0 Å². The van der Waals surface area contributed by atoms with E-state index < -0.39 is 0 Å². The molecule has 0 aliphatic carbocycles. The van der Waals surface area contributed by atoms with Crippen LogP contribution < -0.4 is 0 Å². The summed E-state index contributed by atoms with van der Waals surface area (Å²) in [6, 6.07) is 7.54. The van der Waals surface area contributed by atoms with Crippen molar-refractivity contribution < 1.29 is 4.74 Å². The van der Waals surface area contributed by atoms with Gasteiger partial charge in [0.2, 0.25) is 0 Å². The molecule has 0 saturated heterocycles. The van der Waals surface area contributed by atoms with Gasteiger partial charge in [0.1, 0.15) is 7.05 Å². The van der Waals surface area contributed by atoms with Crippen LogP contribution in [0.1, 0.15) is 5.56 Å². The third-order valence-electron chi connectivity index (χ3n) is 1.20. The third-order valence-corrected chi connectivity index (χ3v) is 1.73. The first-order valence-electron chi connectivity index (χ1n) is 3.19. The summed E-state index contributed by atoms with van der Waals surface area (Å²) in [4.78, 5) is 0. The lowest BCUT2D eigenvalue weighted by Crippen LogP contribution is -1.96. The monoisotopic (exact) mass is 213 g/mol. The highest BCUT2D eigenvalue weighted by molar-refractivity contribution is 9.10. The van der Waals surface area contributed by atoms with E-state index in [1.165, 1.54) is 13.3 Å². The molecule has 1 aromatic carbocycles. The Morgan fingerprint density at radius 1 is 1.36 bits per heavy atom. The second kappa shape index (κ2) is 3.53. The molecular weight excluding hydrogens is 206 g/mol. The predicted octanol–water partition coefficient (Wildman–Crippen LogP) is 2.01. The molecule has 2 nitrogen and oxygen atoms in total. The van der Waals surface area contributed by atoms with Crippen LogP contribution in [0.3, 0.4) is 0 Å². The summed E-state index contributed by atoms with van der Waals surface area (Å²) in [5.74, 6) is 0. The molecule has 11 heavy (non-hydrogen) atoms. The van der Waals surface area contributed by atoms with Crippen LogP contribution >= 0.6 is 15.9 Å². The van der Waals surface area contributed by atoms with Crippen LogP contribution in [0.5, 0.6) is 0 Å². The van der Waals surface area contributed by atoms with E-state index in [1.54, 1.807) is 0 Å². The maximum Gasteiger partial charge on any atom is 0.181 e. The zero-order valence-electron chi connectivity index (χ0n) is 6.12.